The molecule has 1 aromatic carbocycles. The predicted molar refractivity (Wildman–Crippen MR) is 42.5 cm³/mol. The van der Waals surface area contributed by atoms with Crippen molar-refractivity contribution in [3.05, 3.63) is 46.8 Å². The topological polar surface area (TPSA) is 30.2 Å². The first kappa shape index (κ1) is 9.04. The molecule has 1 aromatic heterocycles. The summed E-state index contributed by atoms with van der Waals surface area (Å²) in [5, 5.41) is 0.951. The summed E-state index contributed by atoms with van der Waals surface area (Å²) >= 11 is 0. The number of hydrogen-bond acceptors (Lipinski definition) is 2. The molecule has 1 heterocycles. The number of hydrogen-bond donors (Lipinski definition) is 0. The van der Waals surface area contributed by atoms with Gasteiger partial charge in [-0.2, -0.15) is 0 Å². The van der Waals surface area contributed by atoms with Crippen LogP contribution in [0, 0.1) is 0 Å². The Morgan fingerprint density at radius 2 is 1.75 bits per heavy atom. The summed E-state index contributed by atoms with van der Waals surface area (Å²) in [5.41, 5.74) is 0.337. The third-order valence-corrected chi connectivity index (χ3v) is 1.53. The van der Waals surface area contributed by atoms with Gasteiger partial charge in [-0.1, -0.05) is 18.2 Å². The van der Waals surface area contributed by atoms with E-state index in [1.807, 2.05) is 18.2 Å². The molecule has 0 spiro atoms. The molecule has 0 bridgehead atoms. The predicted octanol–water partition coefficient (Wildman–Crippen LogP) is 1.79. The van der Waals surface area contributed by atoms with Crippen molar-refractivity contribution in [3.8, 4) is 0 Å². The van der Waals surface area contributed by atoms with E-state index < -0.39 is 0 Å². The Bertz CT molecular complexity index is 433. The molecule has 0 aliphatic heterocycles. The van der Waals surface area contributed by atoms with Crippen LogP contribution < -0.4 is 5.63 Å². The summed E-state index contributed by atoms with van der Waals surface area (Å²) in [6, 6.07) is 10.6. The molecule has 0 saturated heterocycles. The monoisotopic (exact) mass is 209 g/mol. The van der Waals surface area contributed by atoms with Crippen LogP contribution in [-0.2, 0) is 17.1 Å². The van der Waals surface area contributed by atoms with Gasteiger partial charge < -0.3 is 4.42 Å². The summed E-state index contributed by atoms with van der Waals surface area (Å²) in [6.45, 7) is 0. The first-order valence-electron chi connectivity index (χ1n) is 3.35. The van der Waals surface area contributed by atoms with Crippen molar-refractivity contribution in [2.75, 3.05) is 0 Å². The molecule has 0 N–H and O–H groups in total. The molecule has 12 heavy (non-hydrogen) atoms. The van der Waals surface area contributed by atoms with E-state index >= 15 is 0 Å². The van der Waals surface area contributed by atoms with Crippen molar-refractivity contribution < 1.29 is 21.5 Å². The third kappa shape index (κ3) is 1.58. The first-order valence-corrected chi connectivity index (χ1v) is 3.35. The zero-order valence-electron chi connectivity index (χ0n) is 6.08. The quantitative estimate of drug-likeness (QED) is 0.489. The SMILES string of the molecule is O=c1ccc2ccccc2o1.[Cu+2]. The van der Waals surface area contributed by atoms with Crippen LogP contribution in [0.5, 0.6) is 0 Å². The van der Waals surface area contributed by atoms with E-state index in [2.05, 4.69) is 0 Å². The Kier molecular flexibility index (Phi) is 2.69. The molecule has 1 radical (unpaired) electrons. The molecule has 2 rings (SSSR count). The number of fused-ring (bicyclic) bond motifs is 1. The van der Waals surface area contributed by atoms with Gasteiger partial charge in [0.2, 0.25) is 0 Å². The zero-order valence-corrected chi connectivity index (χ0v) is 7.02. The maximum absolute atomic E-state index is 10.7. The van der Waals surface area contributed by atoms with Crippen LogP contribution >= 0.6 is 0 Å². The van der Waals surface area contributed by atoms with Gasteiger partial charge in [0.05, 0.1) is 0 Å². The van der Waals surface area contributed by atoms with E-state index in [9.17, 15) is 4.79 Å². The molecule has 0 aliphatic rings. The second-order valence-electron chi connectivity index (χ2n) is 2.29. The van der Waals surface area contributed by atoms with Gasteiger partial charge in [-0.3, -0.25) is 0 Å². The first-order chi connectivity index (χ1) is 5.36. The second-order valence-corrected chi connectivity index (χ2v) is 2.29. The molecule has 0 amide bonds. The Hall–Kier alpha value is -1.05. The zero-order chi connectivity index (χ0) is 7.68. The van der Waals surface area contributed by atoms with Gasteiger partial charge in [0.15, 0.2) is 0 Å². The molecule has 63 valence electrons. The van der Waals surface area contributed by atoms with Crippen LogP contribution in [0.3, 0.4) is 0 Å². The van der Waals surface area contributed by atoms with Gasteiger partial charge in [0, 0.05) is 11.5 Å². The summed E-state index contributed by atoms with van der Waals surface area (Å²) < 4.78 is 4.91. The molecule has 0 unspecified atom stereocenters. The number of para-hydroxylation sites is 1. The van der Waals surface area contributed by atoms with Gasteiger partial charge in [-0.05, 0) is 12.1 Å². The third-order valence-electron chi connectivity index (χ3n) is 1.53. The molecular weight excluding hydrogens is 204 g/mol. The number of rotatable bonds is 0. The average Bonchev–Trinajstić information content (AvgIpc) is 2.04. The summed E-state index contributed by atoms with van der Waals surface area (Å²) in [6.07, 6.45) is 0. The average molecular weight is 210 g/mol. The molecule has 0 saturated carbocycles. The summed E-state index contributed by atoms with van der Waals surface area (Å²) in [4.78, 5) is 10.7. The minimum Gasteiger partial charge on any atom is -0.423 e. The van der Waals surface area contributed by atoms with Crippen molar-refractivity contribution in [2.45, 2.75) is 0 Å². The number of benzene rings is 1. The molecule has 3 heteroatoms. The van der Waals surface area contributed by atoms with Gasteiger partial charge in [0.1, 0.15) is 5.58 Å². The fourth-order valence-electron chi connectivity index (χ4n) is 1.01. The molecule has 0 atom stereocenters. The second kappa shape index (κ2) is 3.57. The van der Waals surface area contributed by atoms with Crippen LogP contribution in [-0.4, -0.2) is 0 Å². The summed E-state index contributed by atoms with van der Waals surface area (Å²) in [7, 11) is 0. The Morgan fingerprint density at radius 3 is 2.58 bits per heavy atom. The van der Waals surface area contributed by atoms with Crippen LogP contribution in [0.2, 0.25) is 0 Å². The van der Waals surface area contributed by atoms with Crippen LogP contribution in [0.1, 0.15) is 0 Å². The Labute approximate surface area is 79.7 Å². The van der Waals surface area contributed by atoms with Gasteiger partial charge in [-0.25, -0.2) is 4.79 Å². The van der Waals surface area contributed by atoms with E-state index in [4.69, 9.17) is 4.42 Å². The molecular formula is C9H6CuO2+2. The smallest absolute Gasteiger partial charge is 0.423 e. The van der Waals surface area contributed by atoms with E-state index in [1.165, 1.54) is 6.07 Å². The van der Waals surface area contributed by atoms with E-state index in [1.54, 1.807) is 12.1 Å². The van der Waals surface area contributed by atoms with Crippen LogP contribution in [0.15, 0.2) is 45.6 Å². The largest absolute Gasteiger partial charge is 2.00 e. The van der Waals surface area contributed by atoms with Crippen molar-refractivity contribution in [3.63, 3.8) is 0 Å². The van der Waals surface area contributed by atoms with E-state index in [0.29, 0.717) is 5.58 Å². The van der Waals surface area contributed by atoms with Gasteiger partial charge >= 0.3 is 22.7 Å². The maximum atomic E-state index is 10.7. The maximum Gasteiger partial charge on any atom is 2.00 e. The minimum atomic E-state index is -0.302. The molecule has 2 nitrogen and oxygen atoms in total. The van der Waals surface area contributed by atoms with Crippen molar-refractivity contribution >= 4 is 11.0 Å². The standard InChI is InChI=1S/C9H6O2.Cu/c10-9-6-5-7-3-1-2-4-8(7)11-9;/h1-6H;/q;+2. The summed E-state index contributed by atoms with van der Waals surface area (Å²) in [5.74, 6) is 0. The Balaban J connectivity index is 0.000000720. The molecule has 0 fully saturated rings. The van der Waals surface area contributed by atoms with Crippen LogP contribution in [0.4, 0.5) is 0 Å². The van der Waals surface area contributed by atoms with Crippen molar-refractivity contribution in [1.82, 2.24) is 0 Å². The van der Waals surface area contributed by atoms with Crippen molar-refractivity contribution in [2.24, 2.45) is 0 Å². The van der Waals surface area contributed by atoms with Crippen molar-refractivity contribution in [1.29, 1.82) is 0 Å². The molecule has 0 aliphatic carbocycles. The van der Waals surface area contributed by atoms with E-state index in [-0.39, 0.29) is 22.7 Å². The van der Waals surface area contributed by atoms with E-state index in [0.717, 1.165) is 5.39 Å². The molecule has 2 aromatic rings. The Morgan fingerprint density at radius 1 is 1.00 bits per heavy atom. The van der Waals surface area contributed by atoms with Gasteiger partial charge in [-0.15, -0.1) is 0 Å². The minimum absolute atomic E-state index is 0. The van der Waals surface area contributed by atoms with Gasteiger partial charge in [0.25, 0.3) is 0 Å². The fourth-order valence-corrected chi connectivity index (χ4v) is 1.01. The normalized spacial score (nSPS) is 9.33. The fraction of sp³-hybridized carbons (Fsp3) is 0. The van der Waals surface area contributed by atoms with Crippen LogP contribution in [0.25, 0.3) is 11.0 Å².